The molecule has 13 nitrogen and oxygen atoms in total. The fourth-order valence-electron chi connectivity index (χ4n) is 8.24. The second kappa shape index (κ2) is 14.8. The minimum atomic E-state index is -3.54. The zero-order chi connectivity index (χ0) is 39.1. The van der Waals surface area contributed by atoms with Crippen LogP contribution in [-0.2, 0) is 28.2 Å². The molecular weight excluding hydrogens is 722 g/mol. The topological polar surface area (TPSA) is 179 Å². The fraction of sp³-hybridized carbons (Fsp3) is 0.300. The second-order valence-electron chi connectivity index (χ2n) is 14.7. The van der Waals surface area contributed by atoms with Gasteiger partial charge in [0.1, 0.15) is 0 Å². The molecule has 0 radical (unpaired) electrons. The quantitative estimate of drug-likeness (QED) is 0.0418. The van der Waals surface area contributed by atoms with Crippen molar-refractivity contribution in [2.75, 3.05) is 22.6 Å². The van der Waals surface area contributed by atoms with Crippen LogP contribution in [0.5, 0.6) is 0 Å². The van der Waals surface area contributed by atoms with Gasteiger partial charge < -0.3 is 29.9 Å². The van der Waals surface area contributed by atoms with Gasteiger partial charge in [0.05, 0.1) is 41.5 Å². The summed E-state index contributed by atoms with van der Waals surface area (Å²) < 4.78 is 24.9. The molecule has 7 rings (SSSR count). The van der Waals surface area contributed by atoms with Crippen LogP contribution in [0.15, 0.2) is 103 Å². The Morgan fingerprint density at radius 1 is 1.09 bits per heavy atom. The predicted molar refractivity (Wildman–Crippen MR) is 208 cm³/mol. The second-order valence-corrected chi connectivity index (χ2v) is 18.5. The van der Waals surface area contributed by atoms with Crippen LogP contribution in [0.4, 0.5) is 26.9 Å². The maximum absolute atomic E-state index is 16.5. The molecule has 0 saturated carbocycles. The number of aromatic nitrogens is 3. The maximum Gasteiger partial charge on any atom is 0.269 e. The van der Waals surface area contributed by atoms with E-state index in [9.17, 15) is 24.8 Å². The third-order valence-corrected chi connectivity index (χ3v) is 13.3. The molecule has 1 fully saturated rings. The number of halogens is 1. The first-order valence-electron chi connectivity index (χ1n) is 18.1. The van der Waals surface area contributed by atoms with Gasteiger partial charge in [-0.3, -0.25) is 24.4 Å². The molecule has 55 heavy (non-hydrogen) atoms. The lowest BCUT2D eigenvalue weighted by Gasteiger charge is -2.31. The van der Waals surface area contributed by atoms with Crippen molar-refractivity contribution in [3.05, 3.63) is 141 Å². The normalized spacial score (nSPS) is 21.1. The van der Waals surface area contributed by atoms with E-state index in [1.807, 2.05) is 36.4 Å². The molecule has 2 amide bonds. The summed E-state index contributed by atoms with van der Waals surface area (Å²) in [5, 5.41) is 33.7. The van der Waals surface area contributed by atoms with Gasteiger partial charge in [-0.25, -0.2) is 0 Å². The number of amides is 2. The number of nitro groups is 1. The van der Waals surface area contributed by atoms with Crippen molar-refractivity contribution < 1.29 is 28.5 Å². The lowest BCUT2D eigenvalue weighted by Crippen LogP contribution is -2.45. The molecule has 284 valence electrons. The van der Waals surface area contributed by atoms with Gasteiger partial charge in [0.25, 0.3) is 17.5 Å². The Morgan fingerprint density at radius 2 is 1.84 bits per heavy atom. The number of hydrogen-bond donors (Lipinski definition) is 3. The van der Waals surface area contributed by atoms with E-state index in [0.717, 1.165) is 5.56 Å². The Hall–Kier alpha value is -5.77. The highest BCUT2D eigenvalue weighted by atomic mass is 28.4. The third kappa shape index (κ3) is 7.13. The van der Waals surface area contributed by atoms with Gasteiger partial charge >= 0.3 is 0 Å². The number of hydrogen-bond acceptors (Lipinski definition) is 9. The summed E-state index contributed by atoms with van der Waals surface area (Å²) in [6, 6.07) is 27.4. The fourth-order valence-corrected chi connectivity index (χ4v) is 10.8. The third-order valence-electron chi connectivity index (χ3n) is 10.8. The SMILES string of the molecule is C[C@H]1[C@H]([Si](C)(C)F)[C@@H](CCn2cc(C(CO)c3ccccc3)nn2)O[C@]12C(=O)N(Cc1cccc(NC(=O)c3ccc(N)cc3)c1)c1ccc([N+](=O)[O-])cc12. The zero-order valence-electron chi connectivity index (χ0n) is 30.6. The number of fused-ring (bicyclic) bond motifs is 2. The van der Waals surface area contributed by atoms with E-state index < -0.39 is 42.4 Å². The van der Waals surface area contributed by atoms with Gasteiger partial charge in [0.2, 0.25) is 8.41 Å². The smallest absolute Gasteiger partial charge is 0.269 e. The number of nitrogens with one attached hydrogen (secondary N) is 1. The van der Waals surface area contributed by atoms with Crippen LogP contribution in [0, 0.1) is 16.0 Å². The summed E-state index contributed by atoms with van der Waals surface area (Å²) in [5.41, 5.74) is 7.62. The molecule has 2 aliphatic heterocycles. The standard InChI is InChI=1S/C40H42FN7O6Si/c1-25-37(55(2,3)41)36(18-19-46-23-34(44-45-46)32(24-49)27-9-5-4-6-10-27)54-40(25)33-21-31(48(52)53)16-17-35(33)47(39(40)51)22-26-8-7-11-30(20-26)43-38(50)28-12-14-29(42)15-13-28/h4-17,20-21,23,25,32,36-37,49H,18-19,22,24,42H2,1-3H3,(H,43,50)/t25-,32?,36+,37-,40+/m0/s1. The molecule has 0 bridgehead atoms. The molecule has 1 aromatic heterocycles. The van der Waals surface area contributed by atoms with Crippen molar-refractivity contribution >= 4 is 43.0 Å². The van der Waals surface area contributed by atoms with E-state index in [2.05, 4.69) is 15.6 Å². The number of rotatable bonds is 12. The summed E-state index contributed by atoms with van der Waals surface area (Å²) in [6.07, 6.45) is 1.32. The van der Waals surface area contributed by atoms with Crippen LogP contribution in [-0.4, -0.2) is 58.0 Å². The van der Waals surface area contributed by atoms with Gasteiger partial charge in [0, 0.05) is 58.8 Å². The molecule has 3 heterocycles. The number of aryl methyl sites for hydroxylation is 1. The Labute approximate surface area is 318 Å². The first-order valence-corrected chi connectivity index (χ1v) is 21.0. The molecule has 1 spiro atoms. The lowest BCUT2D eigenvalue weighted by atomic mass is 9.82. The molecule has 4 N–H and O–H groups in total. The average Bonchev–Trinajstić information content (AvgIpc) is 3.82. The Kier molecular flexibility index (Phi) is 10.1. The van der Waals surface area contributed by atoms with Crippen molar-refractivity contribution in [1.29, 1.82) is 0 Å². The minimum Gasteiger partial charge on any atom is -0.399 e. The Balaban J connectivity index is 1.17. The highest BCUT2D eigenvalue weighted by Crippen LogP contribution is 2.60. The monoisotopic (exact) mass is 763 g/mol. The van der Waals surface area contributed by atoms with Crippen LogP contribution < -0.4 is 16.0 Å². The number of nitrogen functional groups attached to an aromatic ring is 1. The van der Waals surface area contributed by atoms with Crippen LogP contribution in [0.3, 0.4) is 0 Å². The van der Waals surface area contributed by atoms with Crippen LogP contribution >= 0.6 is 0 Å². The average molecular weight is 764 g/mol. The molecule has 5 atom stereocenters. The summed E-state index contributed by atoms with van der Waals surface area (Å²) in [7, 11) is -3.54. The number of ether oxygens (including phenoxy) is 1. The summed E-state index contributed by atoms with van der Waals surface area (Å²) >= 11 is 0. The maximum atomic E-state index is 16.5. The highest BCUT2D eigenvalue weighted by Gasteiger charge is 2.67. The number of aliphatic hydroxyl groups excluding tert-OH is 1. The minimum absolute atomic E-state index is 0.0635. The summed E-state index contributed by atoms with van der Waals surface area (Å²) in [6.45, 7) is 5.19. The van der Waals surface area contributed by atoms with E-state index in [0.29, 0.717) is 52.4 Å². The number of nitro benzene ring substituents is 1. The lowest BCUT2D eigenvalue weighted by molar-refractivity contribution is -0.385. The number of benzene rings is 4. The number of nitrogens with zero attached hydrogens (tertiary/aromatic N) is 5. The largest absolute Gasteiger partial charge is 0.399 e. The summed E-state index contributed by atoms with van der Waals surface area (Å²) in [5.74, 6) is -1.81. The van der Waals surface area contributed by atoms with Crippen molar-refractivity contribution in [3.8, 4) is 0 Å². The highest BCUT2D eigenvalue weighted by molar-refractivity contribution is 6.72. The van der Waals surface area contributed by atoms with Gasteiger partial charge in [-0.05, 0) is 73.1 Å². The Morgan fingerprint density at radius 3 is 2.53 bits per heavy atom. The zero-order valence-corrected chi connectivity index (χ0v) is 31.6. The molecule has 2 aliphatic rings. The molecule has 4 aromatic carbocycles. The van der Waals surface area contributed by atoms with Crippen molar-refractivity contribution in [3.63, 3.8) is 0 Å². The van der Waals surface area contributed by atoms with Crippen molar-refractivity contribution in [2.45, 2.75) is 62.7 Å². The molecule has 5 aromatic rings. The van der Waals surface area contributed by atoms with Crippen molar-refractivity contribution in [1.82, 2.24) is 15.0 Å². The molecular formula is C40H42FN7O6Si. The van der Waals surface area contributed by atoms with E-state index in [1.54, 1.807) is 79.4 Å². The number of carbonyl (C=O) groups excluding carboxylic acids is 2. The van der Waals surface area contributed by atoms with Gasteiger partial charge in [-0.15, -0.1) is 5.10 Å². The van der Waals surface area contributed by atoms with E-state index in [4.69, 9.17) is 10.5 Å². The van der Waals surface area contributed by atoms with Gasteiger partial charge in [-0.2, -0.15) is 0 Å². The number of nitrogens with two attached hydrogens (primary N) is 1. The van der Waals surface area contributed by atoms with Crippen molar-refractivity contribution in [2.24, 2.45) is 5.92 Å². The van der Waals surface area contributed by atoms with Crippen LogP contribution in [0.2, 0.25) is 18.6 Å². The van der Waals surface area contributed by atoms with Gasteiger partial charge in [0.15, 0.2) is 5.60 Å². The molecule has 15 heteroatoms. The first kappa shape index (κ1) is 37.5. The number of non-ortho nitro benzene ring substituents is 1. The Bertz CT molecular complexity index is 2230. The predicted octanol–water partition coefficient (Wildman–Crippen LogP) is 6.56. The van der Waals surface area contributed by atoms with Gasteiger partial charge in [-0.1, -0.05) is 54.6 Å². The van der Waals surface area contributed by atoms with E-state index in [1.165, 1.54) is 17.0 Å². The van der Waals surface area contributed by atoms with E-state index in [-0.39, 0.29) is 30.7 Å². The number of anilines is 3. The van der Waals surface area contributed by atoms with Crippen LogP contribution in [0.25, 0.3) is 0 Å². The number of carbonyl (C=O) groups is 2. The molecule has 0 aliphatic carbocycles. The molecule has 1 unspecified atom stereocenters. The summed E-state index contributed by atoms with van der Waals surface area (Å²) in [4.78, 5) is 40.9. The van der Waals surface area contributed by atoms with E-state index >= 15 is 4.11 Å². The van der Waals surface area contributed by atoms with Crippen LogP contribution in [0.1, 0.15) is 52.0 Å². The first-order chi connectivity index (χ1) is 26.3. The number of aliphatic hydroxyl groups is 1. The molecule has 1 saturated heterocycles.